The molecule has 1 aromatic heterocycles. The second-order valence-electron chi connectivity index (χ2n) is 4.76. The number of aryl methyl sites for hydroxylation is 1. The maximum absolute atomic E-state index is 12.1. The van der Waals surface area contributed by atoms with E-state index in [1.54, 1.807) is 17.2 Å². The summed E-state index contributed by atoms with van der Waals surface area (Å²) in [5.74, 6) is 0.00567. The Kier molecular flexibility index (Phi) is 6.12. The minimum absolute atomic E-state index is 0.0387. The Labute approximate surface area is 113 Å². The topological polar surface area (TPSA) is 70.8 Å². The summed E-state index contributed by atoms with van der Waals surface area (Å²) in [6.45, 7) is 4.36. The van der Waals surface area contributed by atoms with Gasteiger partial charge in [-0.15, -0.1) is 0 Å². The van der Waals surface area contributed by atoms with Crippen molar-refractivity contribution in [1.29, 1.82) is 0 Å². The second kappa shape index (κ2) is 7.61. The van der Waals surface area contributed by atoms with E-state index in [0.717, 1.165) is 5.76 Å². The lowest BCUT2D eigenvalue weighted by Crippen LogP contribution is -2.38. The second-order valence-corrected chi connectivity index (χ2v) is 4.76. The molecular weight excluding hydrogens is 246 g/mol. The van der Waals surface area contributed by atoms with E-state index < -0.39 is 5.97 Å². The van der Waals surface area contributed by atoms with Gasteiger partial charge in [0.25, 0.3) is 0 Å². The highest BCUT2D eigenvalue weighted by atomic mass is 16.4. The van der Waals surface area contributed by atoms with Gasteiger partial charge in [0.05, 0.1) is 6.26 Å². The number of rotatable bonds is 8. The first-order valence-electron chi connectivity index (χ1n) is 6.54. The van der Waals surface area contributed by atoms with Gasteiger partial charge in [0.1, 0.15) is 5.76 Å². The van der Waals surface area contributed by atoms with Crippen LogP contribution in [0.3, 0.4) is 0 Å². The largest absolute Gasteiger partial charge is 0.481 e. The molecule has 0 saturated heterocycles. The van der Waals surface area contributed by atoms with Crippen LogP contribution in [0.15, 0.2) is 22.8 Å². The fourth-order valence-electron chi connectivity index (χ4n) is 1.90. The van der Waals surface area contributed by atoms with Crippen LogP contribution in [-0.4, -0.2) is 34.5 Å². The van der Waals surface area contributed by atoms with E-state index in [-0.39, 0.29) is 18.4 Å². The first-order chi connectivity index (χ1) is 9.00. The van der Waals surface area contributed by atoms with Crippen molar-refractivity contribution in [2.45, 2.75) is 45.6 Å². The quantitative estimate of drug-likeness (QED) is 0.784. The molecule has 0 unspecified atom stereocenters. The summed E-state index contributed by atoms with van der Waals surface area (Å²) >= 11 is 0. The molecule has 0 saturated carbocycles. The molecule has 0 aliphatic rings. The molecule has 1 amide bonds. The number of carbonyl (C=O) groups is 2. The Morgan fingerprint density at radius 3 is 2.63 bits per heavy atom. The van der Waals surface area contributed by atoms with Crippen LogP contribution in [-0.2, 0) is 16.0 Å². The molecule has 0 bridgehead atoms. The fourth-order valence-corrected chi connectivity index (χ4v) is 1.90. The number of hydrogen-bond donors (Lipinski definition) is 1. The van der Waals surface area contributed by atoms with E-state index in [1.165, 1.54) is 0 Å². The maximum Gasteiger partial charge on any atom is 0.303 e. The molecular formula is C14H21NO4. The van der Waals surface area contributed by atoms with Gasteiger partial charge in [-0.1, -0.05) is 0 Å². The molecule has 5 nitrogen and oxygen atoms in total. The molecule has 0 fully saturated rings. The lowest BCUT2D eigenvalue weighted by Gasteiger charge is -2.26. The van der Waals surface area contributed by atoms with Gasteiger partial charge in [-0.2, -0.15) is 0 Å². The summed E-state index contributed by atoms with van der Waals surface area (Å²) in [4.78, 5) is 24.3. The number of amides is 1. The van der Waals surface area contributed by atoms with Crippen LogP contribution in [0.5, 0.6) is 0 Å². The summed E-state index contributed by atoms with van der Waals surface area (Å²) in [5.41, 5.74) is 0. The zero-order valence-corrected chi connectivity index (χ0v) is 11.5. The molecule has 5 heteroatoms. The van der Waals surface area contributed by atoms with Gasteiger partial charge in [0.2, 0.25) is 5.91 Å². The molecule has 0 spiro atoms. The third kappa shape index (κ3) is 5.59. The van der Waals surface area contributed by atoms with Gasteiger partial charge in [0.15, 0.2) is 0 Å². The number of carbonyl (C=O) groups excluding carboxylic acids is 1. The maximum atomic E-state index is 12.1. The summed E-state index contributed by atoms with van der Waals surface area (Å²) in [6.07, 6.45) is 3.13. The number of nitrogens with zero attached hydrogens (tertiary/aromatic N) is 1. The fraction of sp³-hybridized carbons (Fsp3) is 0.571. The normalized spacial score (nSPS) is 10.7. The summed E-state index contributed by atoms with van der Waals surface area (Å²) in [7, 11) is 0. The van der Waals surface area contributed by atoms with Crippen LogP contribution in [0.1, 0.15) is 38.9 Å². The number of carboxylic acid groups (broad SMARTS) is 1. The van der Waals surface area contributed by atoms with E-state index in [9.17, 15) is 9.59 Å². The van der Waals surface area contributed by atoms with Gasteiger partial charge in [-0.3, -0.25) is 9.59 Å². The van der Waals surface area contributed by atoms with Crippen molar-refractivity contribution in [3.63, 3.8) is 0 Å². The van der Waals surface area contributed by atoms with E-state index in [2.05, 4.69) is 0 Å². The highest BCUT2D eigenvalue weighted by molar-refractivity contribution is 5.76. The predicted octanol–water partition coefficient (Wildman–Crippen LogP) is 2.31. The highest BCUT2D eigenvalue weighted by Crippen LogP contribution is 2.09. The number of carboxylic acids is 1. The Balaban J connectivity index is 2.41. The molecule has 1 rings (SSSR count). The average Bonchev–Trinajstić information content (AvgIpc) is 2.84. The number of furan rings is 1. The van der Waals surface area contributed by atoms with Crippen LogP contribution in [0.25, 0.3) is 0 Å². The third-order valence-corrected chi connectivity index (χ3v) is 2.90. The minimum Gasteiger partial charge on any atom is -0.481 e. The predicted molar refractivity (Wildman–Crippen MR) is 70.7 cm³/mol. The molecule has 19 heavy (non-hydrogen) atoms. The molecule has 0 aliphatic heterocycles. The van der Waals surface area contributed by atoms with Crippen LogP contribution in [0.2, 0.25) is 0 Å². The molecule has 0 aliphatic carbocycles. The molecule has 106 valence electrons. The summed E-state index contributed by atoms with van der Waals surface area (Å²) in [5, 5.41) is 8.62. The monoisotopic (exact) mass is 267 g/mol. The van der Waals surface area contributed by atoms with Crippen molar-refractivity contribution in [2.24, 2.45) is 0 Å². The first-order valence-corrected chi connectivity index (χ1v) is 6.54. The third-order valence-electron chi connectivity index (χ3n) is 2.90. The number of aliphatic carboxylic acids is 1. The lowest BCUT2D eigenvalue weighted by molar-refractivity contribution is -0.138. The van der Waals surface area contributed by atoms with Crippen molar-refractivity contribution in [3.8, 4) is 0 Å². The zero-order valence-electron chi connectivity index (χ0n) is 11.5. The van der Waals surface area contributed by atoms with Crippen molar-refractivity contribution in [3.05, 3.63) is 24.2 Å². The van der Waals surface area contributed by atoms with Crippen LogP contribution in [0.4, 0.5) is 0 Å². The average molecular weight is 267 g/mol. The van der Waals surface area contributed by atoms with Crippen molar-refractivity contribution < 1.29 is 19.1 Å². The minimum atomic E-state index is -0.827. The van der Waals surface area contributed by atoms with Gasteiger partial charge < -0.3 is 14.4 Å². The molecule has 1 heterocycles. The summed E-state index contributed by atoms with van der Waals surface area (Å²) < 4.78 is 5.19. The van der Waals surface area contributed by atoms with E-state index in [4.69, 9.17) is 9.52 Å². The van der Waals surface area contributed by atoms with Crippen molar-refractivity contribution >= 4 is 11.9 Å². The molecule has 0 radical (unpaired) electrons. The smallest absolute Gasteiger partial charge is 0.303 e. The van der Waals surface area contributed by atoms with Gasteiger partial charge in [-0.25, -0.2) is 0 Å². The van der Waals surface area contributed by atoms with E-state index >= 15 is 0 Å². The Bertz CT molecular complexity index is 398. The standard InChI is InChI=1S/C14H21NO4/c1-11(2)15(9-3-6-14(17)18)13(16)8-7-12-5-4-10-19-12/h4-5,10-11H,3,6-9H2,1-2H3,(H,17,18). The molecule has 0 aromatic carbocycles. The van der Waals surface area contributed by atoms with Gasteiger partial charge in [0, 0.05) is 31.8 Å². The SMILES string of the molecule is CC(C)N(CCCC(=O)O)C(=O)CCc1ccco1. The zero-order chi connectivity index (χ0) is 14.3. The van der Waals surface area contributed by atoms with Gasteiger partial charge >= 0.3 is 5.97 Å². The summed E-state index contributed by atoms with van der Waals surface area (Å²) in [6, 6.07) is 3.72. The van der Waals surface area contributed by atoms with E-state index in [1.807, 2.05) is 19.9 Å². The number of hydrogen-bond acceptors (Lipinski definition) is 3. The molecule has 0 atom stereocenters. The van der Waals surface area contributed by atoms with Crippen LogP contribution < -0.4 is 0 Å². The Hall–Kier alpha value is -1.78. The lowest BCUT2D eigenvalue weighted by atomic mass is 10.2. The first kappa shape index (κ1) is 15.3. The Morgan fingerprint density at radius 2 is 2.11 bits per heavy atom. The molecule has 1 aromatic rings. The van der Waals surface area contributed by atoms with Crippen LogP contribution >= 0.6 is 0 Å². The molecule has 1 N–H and O–H groups in total. The highest BCUT2D eigenvalue weighted by Gasteiger charge is 2.17. The van der Waals surface area contributed by atoms with Crippen molar-refractivity contribution in [1.82, 2.24) is 4.90 Å². The van der Waals surface area contributed by atoms with E-state index in [0.29, 0.717) is 25.8 Å². The van der Waals surface area contributed by atoms with Crippen molar-refractivity contribution in [2.75, 3.05) is 6.54 Å². The van der Waals surface area contributed by atoms with Gasteiger partial charge in [-0.05, 0) is 32.4 Å². The van der Waals surface area contributed by atoms with Crippen LogP contribution in [0, 0.1) is 0 Å². The Morgan fingerprint density at radius 1 is 1.37 bits per heavy atom.